The minimum atomic E-state index is 0.121. The van der Waals surface area contributed by atoms with E-state index in [2.05, 4.69) is 37.4 Å². The first-order chi connectivity index (χ1) is 13.2. The summed E-state index contributed by atoms with van der Waals surface area (Å²) < 4.78 is 0. The number of piperidine rings is 1. The number of likely N-dealkylation sites (tertiary alicyclic amines) is 1. The summed E-state index contributed by atoms with van der Waals surface area (Å²) in [6, 6.07) is 10.7. The number of nitrogens with two attached hydrogens (primary N) is 1. The molecule has 0 saturated carbocycles. The average molecular weight is 368 g/mol. The number of nitrogens with one attached hydrogen (secondary N) is 2. The second-order valence-electron chi connectivity index (χ2n) is 7.64. The van der Waals surface area contributed by atoms with Gasteiger partial charge < -0.3 is 16.4 Å². The van der Waals surface area contributed by atoms with E-state index in [-0.39, 0.29) is 12.0 Å². The maximum absolute atomic E-state index is 5.98. The lowest BCUT2D eigenvalue weighted by molar-refractivity contribution is 0.111. The molecule has 0 aliphatic carbocycles. The van der Waals surface area contributed by atoms with Crippen molar-refractivity contribution in [1.82, 2.24) is 25.2 Å². The highest BCUT2D eigenvalue weighted by atomic mass is 15.2. The van der Waals surface area contributed by atoms with E-state index in [4.69, 9.17) is 5.73 Å². The van der Waals surface area contributed by atoms with Crippen molar-refractivity contribution in [1.29, 1.82) is 0 Å². The number of para-hydroxylation sites is 1. The molecule has 0 amide bonds. The van der Waals surface area contributed by atoms with Gasteiger partial charge in [0.25, 0.3) is 0 Å². The van der Waals surface area contributed by atoms with E-state index in [1.165, 1.54) is 25.7 Å². The Hall–Kier alpha value is -2.25. The van der Waals surface area contributed by atoms with Crippen LogP contribution >= 0.6 is 0 Å². The van der Waals surface area contributed by atoms with E-state index in [1.54, 1.807) is 0 Å². The summed E-state index contributed by atoms with van der Waals surface area (Å²) in [4.78, 5) is 15.8. The van der Waals surface area contributed by atoms with Gasteiger partial charge in [0.05, 0.1) is 6.04 Å². The summed E-state index contributed by atoms with van der Waals surface area (Å²) in [5.74, 6) is 2.21. The highest BCUT2D eigenvalue weighted by Gasteiger charge is 2.32. The van der Waals surface area contributed by atoms with E-state index in [0.717, 1.165) is 31.1 Å². The summed E-state index contributed by atoms with van der Waals surface area (Å²) in [5, 5.41) is 6.90. The maximum atomic E-state index is 5.98. The third-order valence-electron chi connectivity index (χ3n) is 5.78. The second-order valence-corrected chi connectivity index (χ2v) is 7.64. The molecule has 1 aromatic heterocycles. The first-order valence-corrected chi connectivity index (χ1v) is 10.00. The van der Waals surface area contributed by atoms with Crippen molar-refractivity contribution in [3.63, 3.8) is 0 Å². The van der Waals surface area contributed by atoms with Crippen molar-refractivity contribution in [2.75, 3.05) is 30.7 Å². The second kappa shape index (κ2) is 8.19. The minimum absolute atomic E-state index is 0.121. The molecule has 4 N–H and O–H groups in total. The molecule has 4 rings (SSSR count). The fourth-order valence-electron chi connectivity index (χ4n) is 4.30. The van der Waals surface area contributed by atoms with Gasteiger partial charge in [0, 0.05) is 18.3 Å². The summed E-state index contributed by atoms with van der Waals surface area (Å²) in [7, 11) is 0. The Morgan fingerprint density at radius 1 is 1.15 bits per heavy atom. The molecule has 144 valence electrons. The third kappa shape index (κ3) is 4.36. The van der Waals surface area contributed by atoms with Crippen LogP contribution in [0.3, 0.4) is 0 Å². The smallest absolute Gasteiger partial charge is 0.232 e. The van der Waals surface area contributed by atoms with Crippen LogP contribution in [0.5, 0.6) is 0 Å². The zero-order valence-electron chi connectivity index (χ0n) is 15.9. The largest absolute Gasteiger partial charge is 0.368 e. The quantitative estimate of drug-likeness (QED) is 0.748. The number of anilines is 3. The van der Waals surface area contributed by atoms with Gasteiger partial charge in [0.1, 0.15) is 0 Å². The Labute approximate surface area is 160 Å². The Kier molecular flexibility index (Phi) is 5.50. The predicted molar refractivity (Wildman–Crippen MR) is 108 cm³/mol. The Morgan fingerprint density at radius 2 is 2.00 bits per heavy atom. The molecule has 2 saturated heterocycles. The number of hydrogen-bond donors (Lipinski definition) is 3. The Bertz CT molecular complexity index is 745. The van der Waals surface area contributed by atoms with Crippen LogP contribution in [0.25, 0.3) is 0 Å². The molecule has 3 atom stereocenters. The minimum Gasteiger partial charge on any atom is -0.368 e. The van der Waals surface area contributed by atoms with Gasteiger partial charge in [-0.15, -0.1) is 0 Å². The zero-order valence-corrected chi connectivity index (χ0v) is 15.9. The van der Waals surface area contributed by atoms with Crippen LogP contribution in [0.15, 0.2) is 30.3 Å². The van der Waals surface area contributed by atoms with Crippen molar-refractivity contribution in [3.8, 4) is 0 Å². The van der Waals surface area contributed by atoms with E-state index >= 15 is 0 Å². The molecule has 2 aromatic rings. The van der Waals surface area contributed by atoms with E-state index in [0.29, 0.717) is 17.9 Å². The van der Waals surface area contributed by atoms with Gasteiger partial charge in [-0.3, -0.25) is 4.90 Å². The number of nitrogen functional groups attached to an aromatic ring is 1. The number of hydrogen-bond acceptors (Lipinski definition) is 7. The molecule has 3 unspecified atom stereocenters. The van der Waals surface area contributed by atoms with Gasteiger partial charge in [-0.1, -0.05) is 18.2 Å². The van der Waals surface area contributed by atoms with Gasteiger partial charge in [0.15, 0.2) is 5.82 Å². The van der Waals surface area contributed by atoms with E-state index in [9.17, 15) is 0 Å². The summed E-state index contributed by atoms with van der Waals surface area (Å²) in [5.41, 5.74) is 6.91. The molecule has 0 radical (unpaired) electrons. The first-order valence-electron chi connectivity index (χ1n) is 10.00. The summed E-state index contributed by atoms with van der Waals surface area (Å²) >= 11 is 0. The van der Waals surface area contributed by atoms with Crippen molar-refractivity contribution in [2.24, 2.45) is 5.92 Å². The maximum Gasteiger partial charge on any atom is 0.232 e. The average Bonchev–Trinajstić information content (AvgIpc) is 3.23. The molecule has 2 fully saturated rings. The molecule has 2 aliphatic rings. The Balaban J connectivity index is 1.48. The van der Waals surface area contributed by atoms with Gasteiger partial charge in [0.2, 0.25) is 11.9 Å². The lowest BCUT2D eigenvalue weighted by Gasteiger charge is -2.38. The molecule has 27 heavy (non-hydrogen) atoms. The molecule has 7 heteroatoms. The summed E-state index contributed by atoms with van der Waals surface area (Å²) in [6.07, 6.45) is 5.13. The highest BCUT2D eigenvalue weighted by Crippen LogP contribution is 2.29. The fourth-order valence-corrected chi connectivity index (χ4v) is 4.30. The van der Waals surface area contributed by atoms with Crippen LogP contribution in [0.1, 0.15) is 44.5 Å². The van der Waals surface area contributed by atoms with Crippen molar-refractivity contribution in [2.45, 2.75) is 44.7 Å². The molecular weight excluding hydrogens is 338 g/mol. The van der Waals surface area contributed by atoms with E-state index < -0.39 is 0 Å². The lowest BCUT2D eigenvalue weighted by atomic mass is 9.89. The molecule has 0 bridgehead atoms. The number of aromatic nitrogens is 3. The standard InChI is InChI=1S/C20H29N7/c1-14(27-12-6-7-15(13-27)17-10-5-11-22-17)18-24-19(21)26-20(25-18)23-16-8-3-2-4-9-16/h2-4,8-9,14-15,17,22H,5-7,10-13H2,1H3,(H3,21,23,24,25,26). The molecule has 0 spiro atoms. The topological polar surface area (TPSA) is 92.0 Å². The number of benzene rings is 1. The number of rotatable bonds is 5. The molecular formula is C20H29N7. The van der Waals surface area contributed by atoms with Crippen LogP contribution in [0, 0.1) is 5.92 Å². The molecule has 2 aliphatic heterocycles. The van der Waals surface area contributed by atoms with Gasteiger partial charge >= 0.3 is 0 Å². The fraction of sp³-hybridized carbons (Fsp3) is 0.550. The van der Waals surface area contributed by atoms with Gasteiger partial charge in [-0.25, -0.2) is 0 Å². The van der Waals surface area contributed by atoms with Crippen LogP contribution in [0.4, 0.5) is 17.6 Å². The molecule has 3 heterocycles. The molecule has 7 nitrogen and oxygen atoms in total. The summed E-state index contributed by atoms with van der Waals surface area (Å²) in [6.45, 7) is 5.50. The van der Waals surface area contributed by atoms with E-state index in [1.807, 2.05) is 30.3 Å². The predicted octanol–water partition coefficient (Wildman–Crippen LogP) is 2.72. The molecule has 1 aromatic carbocycles. The monoisotopic (exact) mass is 367 g/mol. The van der Waals surface area contributed by atoms with Crippen molar-refractivity contribution in [3.05, 3.63) is 36.2 Å². The SMILES string of the molecule is CC(c1nc(N)nc(Nc2ccccc2)n1)N1CCCC(C2CCCN2)C1. The van der Waals surface area contributed by atoms with Crippen molar-refractivity contribution < 1.29 is 0 Å². The van der Waals surface area contributed by atoms with Crippen LogP contribution in [0.2, 0.25) is 0 Å². The van der Waals surface area contributed by atoms with Crippen molar-refractivity contribution >= 4 is 17.6 Å². The third-order valence-corrected chi connectivity index (χ3v) is 5.78. The highest BCUT2D eigenvalue weighted by molar-refractivity contribution is 5.53. The van der Waals surface area contributed by atoms with Gasteiger partial charge in [-0.2, -0.15) is 15.0 Å². The van der Waals surface area contributed by atoms with Gasteiger partial charge in [-0.05, 0) is 63.7 Å². The lowest BCUT2D eigenvalue weighted by Crippen LogP contribution is -2.44. The number of nitrogens with zero attached hydrogens (tertiary/aromatic N) is 4. The normalized spacial score (nSPS) is 24.6. The zero-order chi connectivity index (χ0) is 18.6. The van der Waals surface area contributed by atoms with Crippen LogP contribution in [-0.4, -0.2) is 45.5 Å². The van der Waals surface area contributed by atoms with Crippen LogP contribution in [-0.2, 0) is 0 Å². The Morgan fingerprint density at radius 3 is 2.78 bits per heavy atom. The first kappa shape index (κ1) is 18.1. The van der Waals surface area contributed by atoms with Crippen LogP contribution < -0.4 is 16.4 Å².